The molecule has 2 aromatic carbocycles. The Morgan fingerprint density at radius 1 is 1.19 bits per heavy atom. The van der Waals surface area contributed by atoms with E-state index in [4.69, 9.17) is 13.9 Å². The summed E-state index contributed by atoms with van der Waals surface area (Å²) in [5.74, 6) is -0.0377. The van der Waals surface area contributed by atoms with Crippen LogP contribution in [-0.4, -0.2) is 41.4 Å². The third-order valence-corrected chi connectivity index (χ3v) is 5.35. The van der Waals surface area contributed by atoms with Gasteiger partial charge >= 0.3 is 5.76 Å². The van der Waals surface area contributed by atoms with Gasteiger partial charge in [0.15, 0.2) is 0 Å². The van der Waals surface area contributed by atoms with Gasteiger partial charge in [0.25, 0.3) is 0 Å². The second kappa shape index (κ2) is 8.63. The maximum atomic E-state index is 13.1. The topological polar surface area (TPSA) is 86.8 Å². The molecule has 3 aromatic rings. The summed E-state index contributed by atoms with van der Waals surface area (Å²) >= 11 is 0. The quantitative estimate of drug-likeness (QED) is 0.601. The first-order valence-electron chi connectivity index (χ1n) is 9.85. The van der Waals surface area contributed by atoms with E-state index in [2.05, 4.69) is 5.10 Å². The van der Waals surface area contributed by atoms with Gasteiger partial charge in [0.05, 0.1) is 20.3 Å². The molecular weight excluding hydrogens is 405 g/mol. The molecule has 1 fully saturated rings. The number of ether oxygens (including phenoxy) is 2. The highest BCUT2D eigenvalue weighted by molar-refractivity contribution is 5.77. The number of methoxy groups -OCH3 is 2. The third-order valence-electron chi connectivity index (χ3n) is 5.35. The second-order valence-corrected chi connectivity index (χ2v) is 7.19. The largest absolute Gasteiger partial charge is 0.497 e. The number of benzene rings is 2. The minimum atomic E-state index is -0.748. The van der Waals surface area contributed by atoms with Crippen molar-refractivity contribution in [3.63, 3.8) is 0 Å². The number of likely N-dealkylation sites (tertiary alicyclic amines) is 1. The van der Waals surface area contributed by atoms with Crippen LogP contribution in [-0.2, 0) is 11.3 Å². The van der Waals surface area contributed by atoms with Crippen LogP contribution in [0, 0.1) is 5.82 Å². The van der Waals surface area contributed by atoms with Crippen molar-refractivity contribution in [2.75, 3.05) is 20.8 Å². The third kappa shape index (κ3) is 4.16. The van der Waals surface area contributed by atoms with E-state index in [1.807, 2.05) is 12.1 Å². The number of carbonyl (C=O) groups is 1. The van der Waals surface area contributed by atoms with Gasteiger partial charge in [-0.25, -0.2) is 9.18 Å². The van der Waals surface area contributed by atoms with Crippen LogP contribution in [0.25, 0.3) is 11.5 Å². The fraction of sp³-hybridized carbons (Fsp3) is 0.318. The van der Waals surface area contributed by atoms with Gasteiger partial charge in [0.2, 0.25) is 11.8 Å². The van der Waals surface area contributed by atoms with Gasteiger partial charge in [-0.1, -0.05) is 0 Å². The summed E-state index contributed by atoms with van der Waals surface area (Å²) in [7, 11) is 3.16. The Hall–Kier alpha value is -3.62. The lowest BCUT2D eigenvalue weighted by Gasteiger charge is -2.26. The predicted octanol–water partition coefficient (Wildman–Crippen LogP) is 3.02. The van der Waals surface area contributed by atoms with Crippen molar-refractivity contribution in [3.8, 4) is 23.0 Å². The van der Waals surface area contributed by atoms with Crippen LogP contribution in [0.3, 0.4) is 0 Å². The Morgan fingerprint density at radius 2 is 1.97 bits per heavy atom. The summed E-state index contributed by atoms with van der Waals surface area (Å²) in [6.07, 6.45) is 1.59. The predicted molar refractivity (Wildman–Crippen MR) is 109 cm³/mol. The standard InChI is InChI=1S/C22H22FN3O5/c1-29-16-9-10-19(30-2)17(12-16)18-4-3-11-25(18)20(27)13-26-22(28)31-21(24-26)14-5-7-15(23)8-6-14/h5-10,12,18H,3-4,11,13H2,1-2H3/t18-/m1/s1. The Balaban J connectivity index is 1.56. The molecule has 0 saturated carbocycles. The van der Waals surface area contributed by atoms with Gasteiger partial charge in [-0.15, -0.1) is 5.10 Å². The summed E-state index contributed by atoms with van der Waals surface area (Å²) in [5.41, 5.74) is 1.30. The number of carbonyl (C=O) groups excluding carboxylic acids is 1. The summed E-state index contributed by atoms with van der Waals surface area (Å²) in [5, 5.41) is 4.10. The average Bonchev–Trinajstić information content (AvgIpc) is 3.41. The van der Waals surface area contributed by atoms with Gasteiger partial charge < -0.3 is 18.8 Å². The van der Waals surface area contributed by atoms with Crippen molar-refractivity contribution in [1.82, 2.24) is 14.7 Å². The van der Waals surface area contributed by atoms with E-state index in [1.54, 1.807) is 25.2 Å². The van der Waals surface area contributed by atoms with Crippen LogP contribution in [0.2, 0.25) is 0 Å². The minimum Gasteiger partial charge on any atom is -0.497 e. The lowest BCUT2D eigenvalue weighted by Crippen LogP contribution is -2.35. The highest BCUT2D eigenvalue weighted by Crippen LogP contribution is 2.39. The van der Waals surface area contributed by atoms with Crippen LogP contribution in [0.4, 0.5) is 4.39 Å². The molecule has 1 atom stereocenters. The molecule has 1 aliphatic heterocycles. The molecule has 0 bridgehead atoms. The van der Waals surface area contributed by atoms with Crippen molar-refractivity contribution in [1.29, 1.82) is 0 Å². The Bertz CT molecular complexity index is 1140. The fourth-order valence-corrected chi connectivity index (χ4v) is 3.82. The van der Waals surface area contributed by atoms with Crippen molar-refractivity contribution in [2.45, 2.75) is 25.4 Å². The number of amides is 1. The highest BCUT2D eigenvalue weighted by atomic mass is 19.1. The van der Waals surface area contributed by atoms with Crippen molar-refractivity contribution in [2.24, 2.45) is 0 Å². The lowest BCUT2D eigenvalue weighted by atomic mass is 10.0. The number of halogens is 1. The van der Waals surface area contributed by atoms with Crippen LogP contribution in [0.15, 0.2) is 51.7 Å². The minimum absolute atomic E-state index is 0.0326. The molecule has 1 aliphatic rings. The summed E-state index contributed by atoms with van der Waals surface area (Å²) in [6.45, 7) is 0.299. The molecule has 162 valence electrons. The number of hydrogen-bond acceptors (Lipinski definition) is 6. The first-order valence-corrected chi connectivity index (χ1v) is 9.85. The Morgan fingerprint density at radius 3 is 2.68 bits per heavy atom. The van der Waals surface area contributed by atoms with E-state index < -0.39 is 11.6 Å². The summed E-state index contributed by atoms with van der Waals surface area (Å²) < 4.78 is 30.1. The summed E-state index contributed by atoms with van der Waals surface area (Å²) in [6, 6.07) is 10.7. The summed E-state index contributed by atoms with van der Waals surface area (Å²) in [4.78, 5) is 27.0. The fourth-order valence-electron chi connectivity index (χ4n) is 3.82. The molecular formula is C22H22FN3O5. The number of aromatic nitrogens is 2. The molecule has 1 saturated heterocycles. The van der Waals surface area contributed by atoms with Gasteiger partial charge in [-0.05, 0) is 55.3 Å². The molecule has 0 unspecified atom stereocenters. The Kier molecular flexibility index (Phi) is 5.75. The normalized spacial score (nSPS) is 15.8. The molecule has 31 heavy (non-hydrogen) atoms. The van der Waals surface area contributed by atoms with Crippen LogP contribution in [0.5, 0.6) is 11.5 Å². The van der Waals surface area contributed by atoms with Crippen LogP contribution >= 0.6 is 0 Å². The first kappa shape index (κ1) is 20.6. The molecule has 0 N–H and O–H groups in total. The lowest BCUT2D eigenvalue weighted by molar-refractivity contribution is -0.133. The first-order chi connectivity index (χ1) is 15.0. The van der Waals surface area contributed by atoms with Gasteiger partial charge in [-0.3, -0.25) is 4.79 Å². The van der Waals surface area contributed by atoms with E-state index in [0.717, 1.165) is 23.1 Å². The van der Waals surface area contributed by atoms with Crippen molar-refractivity contribution in [3.05, 3.63) is 64.4 Å². The number of nitrogens with zero attached hydrogens (tertiary/aromatic N) is 3. The van der Waals surface area contributed by atoms with Crippen molar-refractivity contribution < 1.29 is 23.1 Å². The maximum Gasteiger partial charge on any atom is 0.437 e. The van der Waals surface area contributed by atoms with Crippen molar-refractivity contribution >= 4 is 5.91 Å². The molecule has 1 aromatic heterocycles. The van der Waals surface area contributed by atoms with Crippen LogP contribution < -0.4 is 15.2 Å². The maximum absolute atomic E-state index is 13.1. The van der Waals surface area contributed by atoms with E-state index in [-0.39, 0.29) is 24.4 Å². The van der Waals surface area contributed by atoms with E-state index >= 15 is 0 Å². The van der Waals surface area contributed by atoms with Gasteiger partial charge in [0, 0.05) is 17.7 Å². The molecule has 0 radical (unpaired) electrons. The molecule has 4 rings (SSSR count). The molecule has 9 heteroatoms. The zero-order chi connectivity index (χ0) is 22.0. The molecule has 0 spiro atoms. The monoisotopic (exact) mass is 427 g/mol. The van der Waals surface area contributed by atoms with E-state index in [1.165, 1.54) is 24.3 Å². The Labute approximate surface area is 177 Å². The molecule has 8 nitrogen and oxygen atoms in total. The van der Waals surface area contributed by atoms with Crippen LogP contribution in [0.1, 0.15) is 24.4 Å². The second-order valence-electron chi connectivity index (χ2n) is 7.19. The van der Waals surface area contributed by atoms with Gasteiger partial charge in [-0.2, -0.15) is 4.68 Å². The number of hydrogen-bond donors (Lipinski definition) is 0. The molecule has 1 amide bonds. The SMILES string of the molecule is COc1ccc(OC)c([C@H]2CCCN2C(=O)Cn2nc(-c3ccc(F)cc3)oc2=O)c1. The zero-order valence-electron chi connectivity index (χ0n) is 17.2. The van der Waals surface area contributed by atoms with E-state index in [9.17, 15) is 14.0 Å². The molecule has 2 heterocycles. The number of rotatable bonds is 6. The molecule has 0 aliphatic carbocycles. The highest BCUT2D eigenvalue weighted by Gasteiger charge is 2.32. The van der Waals surface area contributed by atoms with E-state index in [0.29, 0.717) is 23.6 Å². The van der Waals surface area contributed by atoms with Gasteiger partial charge in [0.1, 0.15) is 23.9 Å². The average molecular weight is 427 g/mol. The zero-order valence-corrected chi connectivity index (χ0v) is 17.2. The smallest absolute Gasteiger partial charge is 0.437 e.